The molecule has 1 aliphatic rings. The first-order valence-corrected chi connectivity index (χ1v) is 9.28. The molecule has 5 heteroatoms. The number of rotatable bonds is 4. The highest BCUT2D eigenvalue weighted by atomic mass is 16.4. The Labute approximate surface area is 157 Å². The van der Waals surface area contributed by atoms with E-state index >= 15 is 0 Å². The van der Waals surface area contributed by atoms with Crippen molar-refractivity contribution < 1.29 is 19.4 Å². The highest BCUT2D eigenvalue weighted by Crippen LogP contribution is 2.34. The number of carboxylic acid groups (broad SMARTS) is 1. The predicted octanol–water partition coefficient (Wildman–Crippen LogP) is 4.06. The van der Waals surface area contributed by atoms with Crippen molar-refractivity contribution >= 4 is 16.9 Å². The van der Waals surface area contributed by atoms with E-state index in [-0.39, 0.29) is 11.9 Å². The van der Waals surface area contributed by atoms with E-state index in [1.54, 1.807) is 6.92 Å². The Morgan fingerprint density at radius 3 is 2.85 bits per heavy atom. The minimum absolute atomic E-state index is 0.00379. The van der Waals surface area contributed by atoms with E-state index in [4.69, 9.17) is 4.42 Å². The zero-order valence-electron chi connectivity index (χ0n) is 15.3. The van der Waals surface area contributed by atoms with Crippen molar-refractivity contribution in [3.05, 3.63) is 59.4 Å². The van der Waals surface area contributed by atoms with Gasteiger partial charge >= 0.3 is 5.97 Å². The Hall–Kier alpha value is -2.63. The second kappa shape index (κ2) is 7.18. The molecule has 1 aromatic heterocycles. The van der Waals surface area contributed by atoms with Gasteiger partial charge in [0.2, 0.25) is 5.76 Å². The smallest absolute Gasteiger partial charge is 0.372 e. The number of hydrogen-bond donors (Lipinski definition) is 2. The standard InChI is InChI=1S/C22H23NO4/c1-14-18-8-3-9-19(21(18)27-20(14)22(25)26)16-6-2-5-15(11-16)12-23-10-4-7-17(24)13-23/h2-3,5-6,8-9,11,17,24H,4,7,10,12-13H2,1H3,(H,25,26). The summed E-state index contributed by atoms with van der Waals surface area (Å²) < 4.78 is 5.71. The molecule has 1 saturated heterocycles. The first-order chi connectivity index (χ1) is 13.0. The van der Waals surface area contributed by atoms with Crippen LogP contribution in [-0.4, -0.2) is 40.3 Å². The monoisotopic (exact) mass is 365 g/mol. The number of aromatic carboxylic acids is 1. The van der Waals surface area contributed by atoms with E-state index in [0.29, 0.717) is 17.7 Å². The first-order valence-electron chi connectivity index (χ1n) is 9.28. The van der Waals surface area contributed by atoms with Crippen molar-refractivity contribution in [2.45, 2.75) is 32.4 Å². The fourth-order valence-electron chi connectivity index (χ4n) is 3.94. The number of furan rings is 1. The highest BCUT2D eigenvalue weighted by molar-refractivity contribution is 6.00. The van der Waals surface area contributed by atoms with Crippen LogP contribution in [0.25, 0.3) is 22.1 Å². The fourth-order valence-corrected chi connectivity index (χ4v) is 3.94. The summed E-state index contributed by atoms with van der Waals surface area (Å²) in [7, 11) is 0. The minimum Gasteiger partial charge on any atom is -0.475 e. The summed E-state index contributed by atoms with van der Waals surface area (Å²) in [6, 6.07) is 14.0. The molecule has 27 heavy (non-hydrogen) atoms. The predicted molar refractivity (Wildman–Crippen MR) is 104 cm³/mol. The number of aliphatic hydroxyl groups excluding tert-OH is 1. The Kier molecular flexibility index (Phi) is 4.72. The number of fused-ring (bicyclic) bond motifs is 1. The van der Waals surface area contributed by atoms with E-state index in [2.05, 4.69) is 17.0 Å². The van der Waals surface area contributed by atoms with Crippen molar-refractivity contribution in [3.8, 4) is 11.1 Å². The second-order valence-corrected chi connectivity index (χ2v) is 7.28. The van der Waals surface area contributed by atoms with Crippen LogP contribution in [0.2, 0.25) is 0 Å². The van der Waals surface area contributed by atoms with Crippen LogP contribution >= 0.6 is 0 Å². The van der Waals surface area contributed by atoms with E-state index in [1.807, 2.05) is 30.3 Å². The Morgan fingerprint density at radius 1 is 1.26 bits per heavy atom. The second-order valence-electron chi connectivity index (χ2n) is 7.28. The van der Waals surface area contributed by atoms with Gasteiger partial charge in [-0.05, 0) is 43.5 Å². The van der Waals surface area contributed by atoms with Crippen molar-refractivity contribution in [1.29, 1.82) is 0 Å². The molecule has 1 atom stereocenters. The third-order valence-electron chi connectivity index (χ3n) is 5.28. The largest absolute Gasteiger partial charge is 0.475 e. The van der Waals surface area contributed by atoms with Crippen LogP contribution in [0.5, 0.6) is 0 Å². The molecular formula is C22H23NO4. The Morgan fingerprint density at radius 2 is 2.07 bits per heavy atom. The van der Waals surface area contributed by atoms with Gasteiger partial charge in [-0.15, -0.1) is 0 Å². The van der Waals surface area contributed by atoms with E-state index < -0.39 is 5.97 Å². The molecule has 0 amide bonds. The third kappa shape index (κ3) is 3.48. The molecule has 5 nitrogen and oxygen atoms in total. The Bertz CT molecular complexity index is 991. The molecule has 1 aliphatic heterocycles. The van der Waals surface area contributed by atoms with Crippen LogP contribution in [-0.2, 0) is 6.54 Å². The molecule has 0 saturated carbocycles. The number of carbonyl (C=O) groups is 1. The van der Waals surface area contributed by atoms with Gasteiger partial charge in [0.15, 0.2) is 0 Å². The average Bonchev–Trinajstić information content (AvgIpc) is 2.99. The number of carboxylic acids is 1. The van der Waals surface area contributed by atoms with Gasteiger partial charge < -0.3 is 14.6 Å². The van der Waals surface area contributed by atoms with Gasteiger partial charge in [0.1, 0.15) is 5.58 Å². The Balaban J connectivity index is 1.69. The molecule has 4 rings (SSSR count). The lowest BCUT2D eigenvalue weighted by atomic mass is 9.99. The van der Waals surface area contributed by atoms with Gasteiger partial charge in [0.05, 0.1) is 6.10 Å². The molecule has 1 fully saturated rings. The topological polar surface area (TPSA) is 73.9 Å². The number of para-hydroxylation sites is 1. The fraction of sp³-hybridized carbons (Fsp3) is 0.318. The zero-order valence-corrected chi connectivity index (χ0v) is 15.3. The van der Waals surface area contributed by atoms with Crippen LogP contribution in [0.1, 0.15) is 34.5 Å². The lowest BCUT2D eigenvalue weighted by molar-refractivity contribution is 0.0660. The number of aliphatic hydroxyl groups is 1. The van der Waals surface area contributed by atoms with E-state index in [9.17, 15) is 15.0 Å². The number of nitrogens with zero attached hydrogens (tertiary/aromatic N) is 1. The minimum atomic E-state index is -1.05. The summed E-state index contributed by atoms with van der Waals surface area (Å²) in [6.45, 7) is 4.27. The number of piperidine rings is 1. The van der Waals surface area contributed by atoms with Crippen molar-refractivity contribution in [1.82, 2.24) is 4.90 Å². The third-order valence-corrected chi connectivity index (χ3v) is 5.28. The molecule has 0 radical (unpaired) electrons. The molecule has 2 heterocycles. The molecule has 0 spiro atoms. The molecule has 1 unspecified atom stereocenters. The van der Waals surface area contributed by atoms with Crippen molar-refractivity contribution in [2.75, 3.05) is 13.1 Å². The van der Waals surface area contributed by atoms with Crippen LogP contribution in [0.15, 0.2) is 46.9 Å². The summed E-state index contributed by atoms with van der Waals surface area (Å²) in [4.78, 5) is 13.7. The molecule has 0 bridgehead atoms. The summed E-state index contributed by atoms with van der Waals surface area (Å²) in [6.07, 6.45) is 1.66. The normalized spacial score (nSPS) is 18.1. The quantitative estimate of drug-likeness (QED) is 0.729. The number of benzene rings is 2. The molecule has 140 valence electrons. The van der Waals surface area contributed by atoms with Crippen LogP contribution in [0.4, 0.5) is 0 Å². The van der Waals surface area contributed by atoms with Crippen LogP contribution in [0, 0.1) is 6.92 Å². The number of hydrogen-bond acceptors (Lipinski definition) is 4. The van der Waals surface area contributed by atoms with Gasteiger partial charge in [0, 0.05) is 29.6 Å². The number of β-amino-alcohol motifs (C(OH)–C–C–N with tert-alkyl or cyclic N) is 1. The number of aryl methyl sites for hydroxylation is 1. The first kappa shape index (κ1) is 17.8. The maximum atomic E-state index is 11.4. The summed E-state index contributed by atoms with van der Waals surface area (Å²) in [5.41, 5.74) is 4.32. The van der Waals surface area contributed by atoms with E-state index in [0.717, 1.165) is 42.4 Å². The summed E-state index contributed by atoms with van der Waals surface area (Å²) in [5.74, 6) is -1.05. The van der Waals surface area contributed by atoms with Gasteiger partial charge in [-0.1, -0.05) is 36.4 Å². The maximum Gasteiger partial charge on any atom is 0.372 e. The van der Waals surface area contributed by atoms with Crippen LogP contribution in [0.3, 0.4) is 0 Å². The van der Waals surface area contributed by atoms with Crippen LogP contribution < -0.4 is 0 Å². The summed E-state index contributed by atoms with van der Waals surface area (Å²) >= 11 is 0. The van der Waals surface area contributed by atoms with E-state index in [1.165, 1.54) is 5.56 Å². The average molecular weight is 365 g/mol. The highest BCUT2D eigenvalue weighted by Gasteiger charge is 2.20. The maximum absolute atomic E-state index is 11.4. The van der Waals surface area contributed by atoms with Crippen molar-refractivity contribution in [3.63, 3.8) is 0 Å². The SMILES string of the molecule is Cc1c(C(=O)O)oc2c(-c3cccc(CN4CCCC(O)C4)c3)cccc12. The van der Waals surface area contributed by atoms with Gasteiger partial charge in [-0.2, -0.15) is 0 Å². The molecule has 2 aromatic carbocycles. The molecular weight excluding hydrogens is 342 g/mol. The number of likely N-dealkylation sites (tertiary alicyclic amines) is 1. The lowest BCUT2D eigenvalue weighted by Gasteiger charge is -2.30. The van der Waals surface area contributed by atoms with Gasteiger partial charge in [-0.25, -0.2) is 4.79 Å². The van der Waals surface area contributed by atoms with Gasteiger partial charge in [-0.3, -0.25) is 4.90 Å². The van der Waals surface area contributed by atoms with Gasteiger partial charge in [0.25, 0.3) is 0 Å². The molecule has 3 aromatic rings. The van der Waals surface area contributed by atoms with Crippen molar-refractivity contribution in [2.24, 2.45) is 0 Å². The zero-order chi connectivity index (χ0) is 19.0. The summed E-state index contributed by atoms with van der Waals surface area (Å²) in [5, 5.41) is 20.1. The lowest BCUT2D eigenvalue weighted by Crippen LogP contribution is -2.37. The molecule has 0 aliphatic carbocycles. The molecule has 2 N–H and O–H groups in total.